The molecular formula is C38H51ClN4O5S. The lowest BCUT2D eigenvalue weighted by molar-refractivity contribution is -0.0948. The van der Waals surface area contributed by atoms with E-state index in [1.807, 2.05) is 31.4 Å². The molecule has 1 saturated heterocycles. The number of allylic oxidation sites excluding steroid dienone is 1. The van der Waals surface area contributed by atoms with Crippen LogP contribution in [-0.2, 0) is 27.8 Å². The molecule has 2 aromatic rings. The van der Waals surface area contributed by atoms with Crippen molar-refractivity contribution < 1.29 is 22.7 Å². The number of carbonyl (C=O) groups is 1. The maximum absolute atomic E-state index is 13.5. The molecule has 4 atom stereocenters. The van der Waals surface area contributed by atoms with Crippen molar-refractivity contribution in [1.82, 2.24) is 14.5 Å². The van der Waals surface area contributed by atoms with Crippen molar-refractivity contribution in [3.05, 3.63) is 82.4 Å². The molecule has 1 saturated carbocycles. The predicted molar refractivity (Wildman–Crippen MR) is 196 cm³/mol. The van der Waals surface area contributed by atoms with Crippen LogP contribution in [0, 0.1) is 11.8 Å². The average molecular weight is 711 g/mol. The Morgan fingerprint density at radius 1 is 1.06 bits per heavy atom. The number of sulfonamides is 1. The SMILES string of the molecule is C=C1C/C=C/[C@@](CN2CCN(C)CC2)(OC)[C@@H]2CC[C@H]2CN2CCCCc3cc(Cl)ccc3COc3ccc(cc32)C(=O)NS(=O)(=O)[C@@H]1C. The van der Waals surface area contributed by atoms with Crippen LogP contribution in [0.5, 0.6) is 5.75 Å². The van der Waals surface area contributed by atoms with Gasteiger partial charge in [-0.2, -0.15) is 0 Å². The molecule has 2 aromatic carbocycles. The van der Waals surface area contributed by atoms with E-state index in [4.69, 9.17) is 21.1 Å². The van der Waals surface area contributed by atoms with E-state index >= 15 is 0 Å². The fourth-order valence-electron chi connectivity index (χ4n) is 7.80. The molecule has 3 heterocycles. The number of likely N-dealkylation sites (N-methyl/N-ethyl adjacent to an activating group) is 1. The summed E-state index contributed by atoms with van der Waals surface area (Å²) < 4.78 is 42.3. The van der Waals surface area contributed by atoms with E-state index in [1.165, 1.54) is 5.56 Å². The van der Waals surface area contributed by atoms with Crippen LogP contribution in [0.1, 0.15) is 60.5 Å². The number of methoxy groups -OCH3 is 1. The molecule has 2 fully saturated rings. The van der Waals surface area contributed by atoms with Crippen LogP contribution in [0.25, 0.3) is 0 Å². The Hall–Kier alpha value is -2.89. The molecule has 2 bridgehead atoms. The van der Waals surface area contributed by atoms with Crippen LogP contribution < -0.4 is 14.4 Å². The van der Waals surface area contributed by atoms with Crippen molar-refractivity contribution in [1.29, 1.82) is 0 Å². The van der Waals surface area contributed by atoms with E-state index in [-0.39, 0.29) is 11.5 Å². The van der Waals surface area contributed by atoms with E-state index < -0.39 is 26.8 Å². The summed E-state index contributed by atoms with van der Waals surface area (Å²) in [6.45, 7) is 12.4. The van der Waals surface area contributed by atoms with Crippen LogP contribution in [0.3, 0.4) is 0 Å². The second kappa shape index (κ2) is 15.2. The molecule has 266 valence electrons. The van der Waals surface area contributed by atoms with Gasteiger partial charge in [0.05, 0.1) is 10.9 Å². The minimum atomic E-state index is -4.04. The van der Waals surface area contributed by atoms with Crippen LogP contribution in [0.2, 0.25) is 5.02 Å². The number of aryl methyl sites for hydroxylation is 1. The fraction of sp³-hybridized carbons (Fsp3) is 0.553. The molecule has 1 aliphatic carbocycles. The third-order valence-electron chi connectivity index (χ3n) is 11.2. The third-order valence-corrected chi connectivity index (χ3v) is 13.2. The molecule has 1 amide bonds. The number of benzene rings is 2. The molecular weight excluding hydrogens is 660 g/mol. The number of fused-ring (bicyclic) bond motifs is 3. The third kappa shape index (κ3) is 8.04. The highest BCUT2D eigenvalue weighted by molar-refractivity contribution is 7.90. The monoisotopic (exact) mass is 710 g/mol. The number of ether oxygens (including phenoxy) is 2. The van der Waals surface area contributed by atoms with Crippen LogP contribution in [0.4, 0.5) is 5.69 Å². The fourth-order valence-corrected chi connectivity index (χ4v) is 9.08. The lowest BCUT2D eigenvalue weighted by Gasteiger charge is -2.51. The Kier molecular flexibility index (Phi) is 11.1. The topological polar surface area (TPSA) is 91.4 Å². The highest BCUT2D eigenvalue weighted by Gasteiger charge is 2.48. The van der Waals surface area contributed by atoms with Crippen LogP contribution in [0.15, 0.2) is 60.7 Å². The van der Waals surface area contributed by atoms with Gasteiger partial charge >= 0.3 is 0 Å². The van der Waals surface area contributed by atoms with Gasteiger partial charge in [-0.1, -0.05) is 42.0 Å². The van der Waals surface area contributed by atoms with E-state index in [2.05, 4.69) is 39.1 Å². The Labute approximate surface area is 297 Å². The minimum Gasteiger partial charge on any atom is -0.487 e. The molecule has 49 heavy (non-hydrogen) atoms. The number of rotatable bonds is 3. The lowest BCUT2D eigenvalue weighted by Crippen LogP contribution is -2.58. The lowest BCUT2D eigenvalue weighted by atomic mass is 9.63. The summed E-state index contributed by atoms with van der Waals surface area (Å²) in [6, 6.07) is 11.2. The van der Waals surface area contributed by atoms with Crippen molar-refractivity contribution in [3.8, 4) is 5.75 Å². The van der Waals surface area contributed by atoms with Crippen molar-refractivity contribution in [3.63, 3.8) is 0 Å². The first-order valence-electron chi connectivity index (χ1n) is 17.6. The maximum atomic E-state index is 13.5. The number of hydrogen-bond donors (Lipinski definition) is 1. The highest BCUT2D eigenvalue weighted by atomic mass is 35.5. The Balaban J connectivity index is 1.40. The molecule has 0 spiro atoms. The summed E-state index contributed by atoms with van der Waals surface area (Å²) in [6.07, 6.45) is 9.50. The van der Waals surface area contributed by atoms with Crippen molar-refractivity contribution >= 4 is 33.2 Å². The quantitative estimate of drug-likeness (QED) is 0.407. The first-order chi connectivity index (χ1) is 23.5. The Morgan fingerprint density at radius 3 is 2.59 bits per heavy atom. The Morgan fingerprint density at radius 2 is 1.86 bits per heavy atom. The summed E-state index contributed by atoms with van der Waals surface area (Å²) >= 11 is 6.38. The van der Waals surface area contributed by atoms with Gasteiger partial charge in [-0.05, 0) is 106 Å². The van der Waals surface area contributed by atoms with E-state index in [0.717, 1.165) is 89.2 Å². The summed E-state index contributed by atoms with van der Waals surface area (Å²) in [7, 11) is -0.0577. The molecule has 9 nitrogen and oxygen atoms in total. The van der Waals surface area contributed by atoms with Gasteiger partial charge in [0, 0.05) is 63.5 Å². The van der Waals surface area contributed by atoms with Crippen LogP contribution in [-0.4, -0.2) is 94.9 Å². The number of piperazine rings is 1. The molecule has 0 aromatic heterocycles. The Bertz CT molecular complexity index is 1670. The number of amides is 1. The van der Waals surface area contributed by atoms with Gasteiger partial charge in [0.1, 0.15) is 18.0 Å². The first-order valence-corrected chi connectivity index (χ1v) is 19.6. The molecule has 11 heteroatoms. The molecule has 3 aliphatic heterocycles. The molecule has 4 aliphatic rings. The van der Waals surface area contributed by atoms with Crippen molar-refractivity contribution in [2.75, 3.05) is 64.9 Å². The highest BCUT2D eigenvalue weighted by Crippen LogP contribution is 2.47. The van der Waals surface area contributed by atoms with Gasteiger partial charge in [-0.15, -0.1) is 0 Å². The number of nitrogens with one attached hydrogen (secondary N) is 1. The second-order valence-electron chi connectivity index (χ2n) is 14.4. The van der Waals surface area contributed by atoms with E-state index in [0.29, 0.717) is 35.3 Å². The minimum absolute atomic E-state index is 0.260. The predicted octanol–water partition coefficient (Wildman–Crippen LogP) is 5.68. The smallest absolute Gasteiger partial charge is 0.264 e. The van der Waals surface area contributed by atoms with Crippen molar-refractivity contribution in [2.24, 2.45) is 11.8 Å². The van der Waals surface area contributed by atoms with Gasteiger partial charge in [-0.25, -0.2) is 13.1 Å². The number of hydrogen-bond acceptors (Lipinski definition) is 8. The number of halogens is 1. The zero-order valence-corrected chi connectivity index (χ0v) is 30.7. The van der Waals surface area contributed by atoms with Crippen LogP contribution >= 0.6 is 11.6 Å². The average Bonchev–Trinajstić information content (AvgIpc) is 3.09. The molecule has 0 radical (unpaired) electrons. The van der Waals surface area contributed by atoms with Gasteiger partial charge in [0.25, 0.3) is 5.91 Å². The molecule has 0 unspecified atom stereocenters. The molecule has 6 rings (SSSR count). The van der Waals surface area contributed by atoms with Gasteiger partial charge in [-0.3, -0.25) is 9.69 Å². The summed E-state index contributed by atoms with van der Waals surface area (Å²) in [5.74, 6) is 0.609. The van der Waals surface area contributed by atoms with Gasteiger partial charge in [0.15, 0.2) is 0 Å². The summed E-state index contributed by atoms with van der Waals surface area (Å²) in [4.78, 5) is 20.7. The van der Waals surface area contributed by atoms with E-state index in [1.54, 1.807) is 25.1 Å². The van der Waals surface area contributed by atoms with Gasteiger partial charge in [0.2, 0.25) is 10.0 Å². The van der Waals surface area contributed by atoms with Gasteiger partial charge < -0.3 is 19.3 Å². The first kappa shape index (κ1) is 35.9. The standard InChI is InChI=1S/C38H51ClN4O5S/c1-27-8-7-16-38(47-4,26-42-20-18-41(3)19-21-42)34-14-11-31(34)24-43-17-6-5-9-29-22-33(39)13-10-32(29)25-48-36-15-12-30(23-35(36)43)37(44)40-49(45,46)28(27)2/h7,10,12-13,15-16,22-23,28,31,34H,1,5-6,8-9,11,14,17-21,24-26H2,2-4H3,(H,40,44)/b16-7+/t28-,31+,34-,38+/m1/s1. The second-order valence-corrected chi connectivity index (χ2v) is 16.8. The zero-order valence-electron chi connectivity index (χ0n) is 29.1. The largest absolute Gasteiger partial charge is 0.487 e. The summed E-state index contributed by atoms with van der Waals surface area (Å²) in [5.41, 5.74) is 3.32. The summed E-state index contributed by atoms with van der Waals surface area (Å²) in [5, 5.41) is -0.250. The normalized spacial score (nSPS) is 29.3. The molecule has 1 N–H and O–H groups in total. The number of carbonyl (C=O) groups excluding carboxylic acids is 1. The van der Waals surface area contributed by atoms with Crippen molar-refractivity contribution in [2.45, 2.75) is 62.9 Å². The number of anilines is 1. The maximum Gasteiger partial charge on any atom is 0.264 e. The van der Waals surface area contributed by atoms with E-state index in [9.17, 15) is 13.2 Å². The number of nitrogens with zero attached hydrogens (tertiary/aromatic N) is 3. The zero-order chi connectivity index (χ0) is 34.8.